The highest BCUT2D eigenvalue weighted by molar-refractivity contribution is 4.62. The maximum absolute atomic E-state index is 5.26. The molecule has 0 fully saturated rings. The van der Waals surface area contributed by atoms with E-state index < -0.39 is 0 Å². The summed E-state index contributed by atoms with van der Waals surface area (Å²) in [5.74, 6) is 0. The van der Waals surface area contributed by atoms with Crippen LogP contribution in [0.25, 0.3) is 0 Å². The van der Waals surface area contributed by atoms with Gasteiger partial charge in [-0.05, 0) is 27.9 Å². The quantitative estimate of drug-likeness (QED) is 0.571. The molecule has 0 aliphatic carbocycles. The van der Waals surface area contributed by atoms with E-state index in [1.165, 1.54) is 0 Å². The summed E-state index contributed by atoms with van der Waals surface area (Å²) in [6.07, 6.45) is 0. The van der Waals surface area contributed by atoms with E-state index in [-0.39, 0.29) is 0 Å². The molecular formula is C9H22N2O. The van der Waals surface area contributed by atoms with Crippen molar-refractivity contribution in [3.8, 4) is 0 Å². The Labute approximate surface area is 76.1 Å². The van der Waals surface area contributed by atoms with E-state index in [0.29, 0.717) is 6.04 Å². The fraction of sp³-hybridized carbons (Fsp3) is 1.00. The number of nitrogens with one attached hydrogen (secondary N) is 1. The molecule has 0 aliphatic heterocycles. The molecule has 12 heavy (non-hydrogen) atoms. The van der Waals surface area contributed by atoms with Crippen molar-refractivity contribution < 1.29 is 4.74 Å². The summed E-state index contributed by atoms with van der Waals surface area (Å²) in [4.78, 5) is 2.27. The molecule has 3 nitrogen and oxygen atoms in total. The van der Waals surface area contributed by atoms with Crippen molar-refractivity contribution in [1.82, 2.24) is 10.2 Å². The van der Waals surface area contributed by atoms with Crippen LogP contribution in [0.1, 0.15) is 13.8 Å². The molecule has 0 saturated carbocycles. The molecule has 0 saturated heterocycles. The standard InChI is InChI=1S/C9H22N2O/c1-5-12-7-6-11(4)8-9(2)10-3/h9-10H,5-8H2,1-4H3. The number of rotatable bonds is 7. The number of ether oxygens (including phenoxy) is 1. The highest BCUT2D eigenvalue weighted by atomic mass is 16.5. The zero-order valence-corrected chi connectivity index (χ0v) is 8.76. The average molecular weight is 174 g/mol. The summed E-state index contributed by atoms with van der Waals surface area (Å²) < 4.78 is 5.26. The Morgan fingerprint density at radius 2 is 2.17 bits per heavy atom. The van der Waals surface area contributed by atoms with Gasteiger partial charge in [-0.3, -0.25) is 0 Å². The second-order valence-electron chi connectivity index (χ2n) is 3.15. The third kappa shape index (κ3) is 6.58. The van der Waals surface area contributed by atoms with E-state index in [0.717, 1.165) is 26.3 Å². The van der Waals surface area contributed by atoms with Gasteiger partial charge >= 0.3 is 0 Å². The van der Waals surface area contributed by atoms with Gasteiger partial charge in [0.1, 0.15) is 0 Å². The first-order valence-corrected chi connectivity index (χ1v) is 4.64. The van der Waals surface area contributed by atoms with Crippen molar-refractivity contribution in [3.63, 3.8) is 0 Å². The summed E-state index contributed by atoms with van der Waals surface area (Å²) in [6, 6.07) is 0.552. The zero-order valence-electron chi connectivity index (χ0n) is 8.76. The fourth-order valence-electron chi connectivity index (χ4n) is 1.01. The van der Waals surface area contributed by atoms with Gasteiger partial charge < -0.3 is 15.0 Å². The van der Waals surface area contributed by atoms with Crippen molar-refractivity contribution >= 4 is 0 Å². The average Bonchev–Trinajstić information content (AvgIpc) is 2.05. The SMILES string of the molecule is CCOCCN(C)CC(C)NC. The number of hydrogen-bond acceptors (Lipinski definition) is 3. The molecule has 74 valence electrons. The van der Waals surface area contributed by atoms with E-state index in [4.69, 9.17) is 4.74 Å². The molecule has 0 aromatic heterocycles. The number of likely N-dealkylation sites (N-methyl/N-ethyl adjacent to an activating group) is 2. The summed E-state index contributed by atoms with van der Waals surface area (Å²) >= 11 is 0. The molecule has 0 amide bonds. The first kappa shape index (κ1) is 11.9. The van der Waals surface area contributed by atoms with Crippen LogP contribution in [-0.2, 0) is 4.74 Å². The van der Waals surface area contributed by atoms with Gasteiger partial charge in [-0.1, -0.05) is 0 Å². The largest absolute Gasteiger partial charge is 0.380 e. The van der Waals surface area contributed by atoms with Crippen LogP contribution in [0.2, 0.25) is 0 Å². The van der Waals surface area contributed by atoms with Gasteiger partial charge in [-0.15, -0.1) is 0 Å². The number of nitrogens with zero attached hydrogens (tertiary/aromatic N) is 1. The van der Waals surface area contributed by atoms with Crippen LogP contribution < -0.4 is 5.32 Å². The zero-order chi connectivity index (χ0) is 9.40. The molecule has 1 atom stereocenters. The van der Waals surface area contributed by atoms with Crippen molar-refractivity contribution in [2.24, 2.45) is 0 Å². The third-order valence-electron chi connectivity index (χ3n) is 1.90. The lowest BCUT2D eigenvalue weighted by Crippen LogP contribution is -2.36. The van der Waals surface area contributed by atoms with Crippen LogP contribution in [0.15, 0.2) is 0 Å². The van der Waals surface area contributed by atoms with Gasteiger partial charge in [0.2, 0.25) is 0 Å². The summed E-state index contributed by atoms with van der Waals surface area (Å²) in [7, 11) is 4.11. The Balaban J connectivity index is 3.26. The lowest BCUT2D eigenvalue weighted by atomic mass is 10.3. The fourth-order valence-corrected chi connectivity index (χ4v) is 1.01. The minimum Gasteiger partial charge on any atom is -0.380 e. The van der Waals surface area contributed by atoms with Crippen LogP contribution in [0.4, 0.5) is 0 Å². The molecule has 1 unspecified atom stereocenters. The van der Waals surface area contributed by atoms with E-state index >= 15 is 0 Å². The highest BCUT2D eigenvalue weighted by Gasteiger charge is 2.02. The normalized spacial score (nSPS) is 13.8. The monoisotopic (exact) mass is 174 g/mol. The predicted octanol–water partition coefficient (Wildman–Crippen LogP) is 0.563. The minimum absolute atomic E-state index is 0.552. The van der Waals surface area contributed by atoms with Gasteiger partial charge in [0.05, 0.1) is 6.61 Å². The van der Waals surface area contributed by atoms with E-state index in [2.05, 4.69) is 24.2 Å². The third-order valence-corrected chi connectivity index (χ3v) is 1.90. The molecule has 0 rings (SSSR count). The molecule has 0 bridgehead atoms. The second kappa shape index (κ2) is 7.53. The molecule has 0 aromatic rings. The summed E-state index contributed by atoms with van der Waals surface area (Å²) in [5.41, 5.74) is 0. The first-order valence-electron chi connectivity index (χ1n) is 4.64. The maximum Gasteiger partial charge on any atom is 0.0593 e. The molecular weight excluding hydrogens is 152 g/mol. The van der Waals surface area contributed by atoms with Crippen molar-refractivity contribution in [3.05, 3.63) is 0 Å². The maximum atomic E-state index is 5.26. The molecule has 0 radical (unpaired) electrons. The summed E-state index contributed by atoms with van der Waals surface area (Å²) in [6.45, 7) is 7.94. The Morgan fingerprint density at radius 3 is 2.67 bits per heavy atom. The minimum atomic E-state index is 0.552. The van der Waals surface area contributed by atoms with Crippen LogP contribution in [0.5, 0.6) is 0 Å². The Bertz CT molecular complexity index is 98.5. The smallest absolute Gasteiger partial charge is 0.0593 e. The van der Waals surface area contributed by atoms with Crippen LogP contribution in [0, 0.1) is 0 Å². The van der Waals surface area contributed by atoms with E-state index in [9.17, 15) is 0 Å². The van der Waals surface area contributed by atoms with Gasteiger partial charge in [-0.25, -0.2) is 0 Å². The van der Waals surface area contributed by atoms with Crippen molar-refractivity contribution in [2.75, 3.05) is 40.4 Å². The van der Waals surface area contributed by atoms with Gasteiger partial charge in [-0.2, -0.15) is 0 Å². The van der Waals surface area contributed by atoms with E-state index in [1.807, 2.05) is 14.0 Å². The molecule has 3 heteroatoms. The first-order chi connectivity index (χ1) is 5.70. The molecule has 0 aliphatic rings. The van der Waals surface area contributed by atoms with Crippen LogP contribution in [0.3, 0.4) is 0 Å². The van der Waals surface area contributed by atoms with Gasteiger partial charge in [0, 0.05) is 25.7 Å². The predicted molar refractivity (Wildman–Crippen MR) is 52.5 cm³/mol. The highest BCUT2D eigenvalue weighted by Crippen LogP contribution is 1.87. The molecule has 0 aromatic carbocycles. The number of hydrogen-bond donors (Lipinski definition) is 1. The van der Waals surface area contributed by atoms with Gasteiger partial charge in [0.15, 0.2) is 0 Å². The van der Waals surface area contributed by atoms with Crippen molar-refractivity contribution in [2.45, 2.75) is 19.9 Å². The van der Waals surface area contributed by atoms with Crippen LogP contribution >= 0.6 is 0 Å². The topological polar surface area (TPSA) is 24.5 Å². The van der Waals surface area contributed by atoms with E-state index in [1.54, 1.807) is 0 Å². The lowest BCUT2D eigenvalue weighted by molar-refractivity contribution is 0.120. The molecule has 0 heterocycles. The Hall–Kier alpha value is -0.120. The molecule has 0 spiro atoms. The second-order valence-corrected chi connectivity index (χ2v) is 3.15. The Morgan fingerprint density at radius 1 is 1.50 bits per heavy atom. The Kier molecular flexibility index (Phi) is 7.45. The van der Waals surface area contributed by atoms with Crippen LogP contribution in [-0.4, -0.2) is 51.3 Å². The van der Waals surface area contributed by atoms with Crippen molar-refractivity contribution in [1.29, 1.82) is 0 Å². The molecule has 1 N–H and O–H groups in total. The lowest BCUT2D eigenvalue weighted by Gasteiger charge is -2.20. The summed E-state index contributed by atoms with van der Waals surface area (Å²) in [5, 5.41) is 3.20. The van der Waals surface area contributed by atoms with Gasteiger partial charge in [0.25, 0.3) is 0 Å².